The molecule has 0 radical (unpaired) electrons. The summed E-state index contributed by atoms with van der Waals surface area (Å²) in [5.74, 6) is 2.63. The topological polar surface area (TPSA) is 38.0 Å². The third-order valence-electron chi connectivity index (χ3n) is 5.58. The summed E-state index contributed by atoms with van der Waals surface area (Å²) in [6.07, 6.45) is 8.04. The molecule has 4 heteroatoms. The second-order valence-corrected chi connectivity index (χ2v) is 7.70. The van der Waals surface area contributed by atoms with E-state index in [1.165, 1.54) is 31.4 Å². The molecule has 1 aromatic heterocycles. The van der Waals surface area contributed by atoms with Gasteiger partial charge in [0.1, 0.15) is 0 Å². The molecular formula is C17H27BrN2O. The van der Waals surface area contributed by atoms with E-state index in [1.54, 1.807) is 0 Å². The Hall–Kier alpha value is -0.350. The van der Waals surface area contributed by atoms with Gasteiger partial charge < -0.3 is 5.11 Å². The average Bonchev–Trinajstić information content (AvgIpc) is 3.15. The monoisotopic (exact) mass is 354 g/mol. The summed E-state index contributed by atoms with van der Waals surface area (Å²) in [6.45, 7) is 5.11. The van der Waals surface area contributed by atoms with E-state index in [9.17, 15) is 5.11 Å². The molecule has 1 aromatic rings. The lowest BCUT2D eigenvalue weighted by molar-refractivity contribution is 0.122. The van der Waals surface area contributed by atoms with E-state index < -0.39 is 0 Å². The van der Waals surface area contributed by atoms with Crippen molar-refractivity contribution in [3.05, 3.63) is 15.9 Å². The number of rotatable bonds is 6. The van der Waals surface area contributed by atoms with Gasteiger partial charge in [0.15, 0.2) is 0 Å². The Kier molecular flexibility index (Phi) is 4.75. The highest BCUT2D eigenvalue weighted by Crippen LogP contribution is 2.50. The SMILES string of the molecule is CCc1nn(CC)c(CC(O)CC2CC3CCC2C3)c1Br. The molecule has 2 fully saturated rings. The summed E-state index contributed by atoms with van der Waals surface area (Å²) in [7, 11) is 0. The van der Waals surface area contributed by atoms with Gasteiger partial charge in [-0.15, -0.1) is 0 Å². The van der Waals surface area contributed by atoms with E-state index in [-0.39, 0.29) is 6.10 Å². The number of aryl methyl sites for hydroxylation is 2. The molecule has 1 N–H and O–H groups in total. The predicted molar refractivity (Wildman–Crippen MR) is 88.2 cm³/mol. The normalized spacial score (nSPS) is 29.2. The maximum Gasteiger partial charge on any atom is 0.0766 e. The minimum Gasteiger partial charge on any atom is -0.393 e. The van der Waals surface area contributed by atoms with Crippen LogP contribution in [0.1, 0.15) is 57.3 Å². The lowest BCUT2D eigenvalue weighted by Gasteiger charge is -2.24. The molecule has 0 spiro atoms. The number of hydrogen-bond donors (Lipinski definition) is 1. The molecule has 2 saturated carbocycles. The molecule has 2 bridgehead atoms. The van der Waals surface area contributed by atoms with Crippen LogP contribution >= 0.6 is 15.9 Å². The van der Waals surface area contributed by atoms with Gasteiger partial charge >= 0.3 is 0 Å². The highest BCUT2D eigenvalue weighted by Gasteiger charge is 2.40. The molecule has 3 nitrogen and oxygen atoms in total. The second-order valence-electron chi connectivity index (χ2n) is 6.91. The van der Waals surface area contributed by atoms with Gasteiger partial charge in [-0.1, -0.05) is 13.3 Å². The smallest absolute Gasteiger partial charge is 0.0766 e. The first-order valence-corrected chi connectivity index (χ1v) is 9.33. The van der Waals surface area contributed by atoms with Crippen LogP contribution in [0.2, 0.25) is 0 Å². The zero-order chi connectivity index (χ0) is 15.0. The first-order chi connectivity index (χ1) is 10.1. The van der Waals surface area contributed by atoms with Crippen LogP contribution in [0.25, 0.3) is 0 Å². The van der Waals surface area contributed by atoms with Gasteiger partial charge in [0.05, 0.1) is 22.0 Å². The molecular weight excluding hydrogens is 328 g/mol. The number of aliphatic hydroxyl groups excluding tert-OH is 1. The first kappa shape index (κ1) is 15.5. The van der Waals surface area contributed by atoms with Crippen LogP contribution in [0.4, 0.5) is 0 Å². The molecule has 3 rings (SSSR count). The largest absolute Gasteiger partial charge is 0.393 e. The van der Waals surface area contributed by atoms with Crippen LogP contribution in [-0.2, 0) is 19.4 Å². The second kappa shape index (κ2) is 6.41. The molecule has 4 unspecified atom stereocenters. The van der Waals surface area contributed by atoms with Crippen LogP contribution < -0.4 is 0 Å². The number of aromatic nitrogens is 2. The Bertz CT molecular complexity index is 499. The standard InChI is InChI=1S/C17H27BrN2O/c1-3-15-17(18)16(20(4-2)19-15)10-14(21)9-13-8-11-5-6-12(13)7-11/h11-14,21H,3-10H2,1-2H3. The number of halogens is 1. The molecule has 0 saturated heterocycles. The summed E-state index contributed by atoms with van der Waals surface area (Å²) < 4.78 is 3.16. The lowest BCUT2D eigenvalue weighted by atomic mass is 9.84. The third kappa shape index (κ3) is 3.07. The Labute approximate surface area is 136 Å². The zero-order valence-electron chi connectivity index (χ0n) is 13.2. The van der Waals surface area contributed by atoms with Gasteiger partial charge in [-0.3, -0.25) is 4.68 Å². The van der Waals surface area contributed by atoms with Crippen molar-refractivity contribution in [2.24, 2.45) is 17.8 Å². The number of nitrogens with zero attached hydrogens (tertiary/aromatic N) is 2. The zero-order valence-corrected chi connectivity index (χ0v) is 14.8. The molecule has 0 amide bonds. The Balaban J connectivity index is 1.64. The van der Waals surface area contributed by atoms with Crippen LogP contribution in [0.3, 0.4) is 0 Å². The van der Waals surface area contributed by atoms with E-state index in [2.05, 4.69) is 34.9 Å². The number of hydrogen-bond acceptors (Lipinski definition) is 2. The molecule has 2 aliphatic carbocycles. The van der Waals surface area contributed by atoms with Gasteiger partial charge in [-0.05, 0) is 72.7 Å². The predicted octanol–water partition coefficient (Wildman–Crippen LogP) is 3.96. The van der Waals surface area contributed by atoms with Gasteiger partial charge in [-0.25, -0.2) is 0 Å². The van der Waals surface area contributed by atoms with E-state index in [4.69, 9.17) is 0 Å². The lowest BCUT2D eigenvalue weighted by Crippen LogP contribution is -2.21. The summed E-state index contributed by atoms with van der Waals surface area (Å²) in [5, 5.41) is 15.2. The van der Waals surface area contributed by atoms with Gasteiger partial charge in [0, 0.05) is 13.0 Å². The third-order valence-corrected chi connectivity index (χ3v) is 6.50. The quantitative estimate of drug-likeness (QED) is 0.839. The molecule has 4 atom stereocenters. The molecule has 118 valence electrons. The van der Waals surface area contributed by atoms with Crippen LogP contribution in [0.15, 0.2) is 4.47 Å². The molecule has 0 aromatic carbocycles. The van der Waals surface area contributed by atoms with Crippen molar-refractivity contribution in [2.45, 2.75) is 71.4 Å². The Morgan fingerprint density at radius 1 is 1.33 bits per heavy atom. The maximum absolute atomic E-state index is 10.6. The fraction of sp³-hybridized carbons (Fsp3) is 0.824. The molecule has 2 aliphatic rings. The van der Waals surface area contributed by atoms with Crippen molar-refractivity contribution in [2.75, 3.05) is 0 Å². The fourth-order valence-electron chi connectivity index (χ4n) is 4.53. The molecule has 21 heavy (non-hydrogen) atoms. The van der Waals surface area contributed by atoms with Crippen molar-refractivity contribution in [1.29, 1.82) is 0 Å². The Morgan fingerprint density at radius 3 is 2.71 bits per heavy atom. The molecule has 1 heterocycles. The minimum atomic E-state index is -0.225. The van der Waals surface area contributed by atoms with Crippen molar-refractivity contribution in [3.63, 3.8) is 0 Å². The van der Waals surface area contributed by atoms with Crippen molar-refractivity contribution >= 4 is 15.9 Å². The summed E-state index contributed by atoms with van der Waals surface area (Å²) in [4.78, 5) is 0. The highest BCUT2D eigenvalue weighted by molar-refractivity contribution is 9.10. The van der Waals surface area contributed by atoms with E-state index in [1.807, 2.05) is 4.68 Å². The average molecular weight is 355 g/mol. The maximum atomic E-state index is 10.6. The minimum absolute atomic E-state index is 0.225. The number of fused-ring (bicyclic) bond motifs is 2. The van der Waals surface area contributed by atoms with Crippen LogP contribution in [0.5, 0.6) is 0 Å². The summed E-state index contributed by atoms with van der Waals surface area (Å²) >= 11 is 3.68. The van der Waals surface area contributed by atoms with E-state index in [0.717, 1.165) is 53.7 Å². The Morgan fingerprint density at radius 2 is 2.14 bits per heavy atom. The van der Waals surface area contributed by atoms with Crippen molar-refractivity contribution in [3.8, 4) is 0 Å². The van der Waals surface area contributed by atoms with Crippen molar-refractivity contribution in [1.82, 2.24) is 9.78 Å². The van der Waals surface area contributed by atoms with Crippen LogP contribution in [0, 0.1) is 17.8 Å². The van der Waals surface area contributed by atoms with Crippen LogP contribution in [-0.4, -0.2) is 21.0 Å². The summed E-state index contributed by atoms with van der Waals surface area (Å²) in [5.41, 5.74) is 2.28. The van der Waals surface area contributed by atoms with E-state index >= 15 is 0 Å². The van der Waals surface area contributed by atoms with Crippen molar-refractivity contribution < 1.29 is 5.11 Å². The van der Waals surface area contributed by atoms with E-state index in [0.29, 0.717) is 0 Å². The van der Waals surface area contributed by atoms with Gasteiger partial charge in [0.25, 0.3) is 0 Å². The number of aliphatic hydroxyl groups is 1. The summed E-state index contributed by atoms with van der Waals surface area (Å²) in [6, 6.07) is 0. The van der Waals surface area contributed by atoms with Gasteiger partial charge in [0.2, 0.25) is 0 Å². The highest BCUT2D eigenvalue weighted by atomic mass is 79.9. The van der Waals surface area contributed by atoms with Gasteiger partial charge in [-0.2, -0.15) is 5.10 Å². The first-order valence-electron chi connectivity index (χ1n) is 8.54. The molecule has 0 aliphatic heterocycles. The fourth-order valence-corrected chi connectivity index (χ4v) is 5.26.